The normalized spacial score (nSPS) is 11.0. The van der Waals surface area contributed by atoms with Gasteiger partial charge in [-0.3, -0.25) is 4.72 Å². The molecule has 2 aromatic carbocycles. The van der Waals surface area contributed by atoms with Crippen molar-refractivity contribution in [2.24, 2.45) is 0 Å². The van der Waals surface area contributed by atoms with Crippen molar-refractivity contribution >= 4 is 44.9 Å². The van der Waals surface area contributed by atoms with E-state index in [9.17, 15) is 13.2 Å². The number of halogens is 2. The summed E-state index contributed by atoms with van der Waals surface area (Å²) in [6, 6.07) is 14.8. The average molecular weight is 467 g/mol. The van der Waals surface area contributed by atoms with Crippen LogP contribution in [0.25, 0.3) is 0 Å². The average Bonchev–Trinajstić information content (AvgIpc) is 2.68. The first kappa shape index (κ1) is 21.9. The molecule has 0 atom stereocenters. The summed E-state index contributed by atoms with van der Waals surface area (Å²) in [5, 5.41) is 0.482. The Balaban J connectivity index is 1.81. The molecule has 0 unspecified atom stereocenters. The van der Waals surface area contributed by atoms with Crippen LogP contribution in [0.2, 0.25) is 10.2 Å². The maximum absolute atomic E-state index is 12.5. The van der Waals surface area contributed by atoms with E-state index in [0.717, 1.165) is 0 Å². The maximum atomic E-state index is 12.5. The summed E-state index contributed by atoms with van der Waals surface area (Å²) in [5.74, 6) is -0.213. The first-order valence-electron chi connectivity index (χ1n) is 8.68. The van der Waals surface area contributed by atoms with Gasteiger partial charge in [-0.05, 0) is 49.4 Å². The van der Waals surface area contributed by atoms with Crippen LogP contribution in [0.4, 0.5) is 5.69 Å². The fourth-order valence-corrected chi connectivity index (χ4v) is 3.81. The van der Waals surface area contributed by atoms with Gasteiger partial charge in [0.15, 0.2) is 0 Å². The molecule has 0 spiro atoms. The summed E-state index contributed by atoms with van der Waals surface area (Å²) in [6.07, 6.45) is 0. The van der Waals surface area contributed by atoms with E-state index < -0.39 is 16.0 Å². The van der Waals surface area contributed by atoms with E-state index in [4.69, 9.17) is 32.7 Å². The highest BCUT2D eigenvalue weighted by Crippen LogP contribution is 2.27. The molecule has 0 bridgehead atoms. The molecule has 7 nitrogen and oxygen atoms in total. The second kappa shape index (κ2) is 9.34. The zero-order valence-electron chi connectivity index (χ0n) is 15.6. The molecule has 0 aliphatic rings. The standard InChI is InChI=1S/C20H16Cl2N2O5S/c1-2-28-20(25)13-10-18(22)23-19(11-13)29-16-5-3-4-15(12-16)24-30(26,27)17-8-6-14(21)7-9-17/h3-12,24H,2H2,1H3. The van der Waals surface area contributed by atoms with Crippen molar-refractivity contribution in [2.45, 2.75) is 11.8 Å². The lowest BCUT2D eigenvalue weighted by atomic mass is 10.2. The number of nitrogens with zero attached hydrogens (tertiary/aromatic N) is 1. The van der Waals surface area contributed by atoms with E-state index in [2.05, 4.69) is 9.71 Å². The summed E-state index contributed by atoms with van der Waals surface area (Å²) >= 11 is 11.8. The zero-order chi connectivity index (χ0) is 21.7. The highest BCUT2D eigenvalue weighted by molar-refractivity contribution is 7.92. The number of sulfonamides is 1. The first-order chi connectivity index (χ1) is 14.3. The Kier molecular flexibility index (Phi) is 6.81. The monoisotopic (exact) mass is 466 g/mol. The van der Waals surface area contributed by atoms with Crippen LogP contribution in [-0.2, 0) is 14.8 Å². The van der Waals surface area contributed by atoms with Gasteiger partial charge < -0.3 is 9.47 Å². The molecular weight excluding hydrogens is 451 g/mol. The molecule has 156 valence electrons. The van der Waals surface area contributed by atoms with Crippen molar-refractivity contribution in [3.05, 3.63) is 76.4 Å². The number of ether oxygens (including phenoxy) is 2. The summed E-state index contributed by atoms with van der Waals surface area (Å²) in [4.78, 5) is 16.0. The summed E-state index contributed by atoms with van der Waals surface area (Å²) in [6.45, 7) is 1.90. The fourth-order valence-electron chi connectivity index (χ4n) is 2.43. The zero-order valence-corrected chi connectivity index (χ0v) is 18.0. The van der Waals surface area contributed by atoms with Crippen LogP contribution in [0.5, 0.6) is 11.6 Å². The molecule has 0 fully saturated rings. The number of pyridine rings is 1. The summed E-state index contributed by atoms with van der Waals surface area (Å²) in [7, 11) is -3.81. The van der Waals surface area contributed by atoms with Gasteiger partial charge in [0.1, 0.15) is 10.9 Å². The Morgan fingerprint density at radius 3 is 2.50 bits per heavy atom. The van der Waals surface area contributed by atoms with E-state index in [1.807, 2.05) is 0 Å². The smallest absolute Gasteiger partial charge is 0.338 e. The number of carbonyl (C=O) groups excluding carboxylic acids is 1. The van der Waals surface area contributed by atoms with Crippen LogP contribution in [-0.4, -0.2) is 26.0 Å². The van der Waals surface area contributed by atoms with Gasteiger partial charge >= 0.3 is 5.97 Å². The Morgan fingerprint density at radius 1 is 1.07 bits per heavy atom. The van der Waals surface area contributed by atoms with E-state index in [1.54, 1.807) is 25.1 Å². The van der Waals surface area contributed by atoms with Crippen molar-refractivity contribution in [2.75, 3.05) is 11.3 Å². The van der Waals surface area contributed by atoms with Crippen LogP contribution < -0.4 is 9.46 Å². The topological polar surface area (TPSA) is 94.6 Å². The molecule has 1 aromatic heterocycles. The summed E-state index contributed by atoms with van der Waals surface area (Å²) in [5.41, 5.74) is 0.460. The van der Waals surface area contributed by atoms with Crippen molar-refractivity contribution in [1.82, 2.24) is 4.98 Å². The third-order valence-corrected chi connectivity index (χ3v) is 5.56. The highest BCUT2D eigenvalue weighted by Gasteiger charge is 2.15. The van der Waals surface area contributed by atoms with Crippen LogP contribution >= 0.6 is 23.2 Å². The van der Waals surface area contributed by atoms with Gasteiger partial charge in [-0.15, -0.1) is 0 Å². The van der Waals surface area contributed by atoms with E-state index >= 15 is 0 Å². The number of carbonyl (C=O) groups is 1. The first-order valence-corrected chi connectivity index (χ1v) is 10.9. The lowest BCUT2D eigenvalue weighted by molar-refractivity contribution is 0.0525. The lowest BCUT2D eigenvalue weighted by Crippen LogP contribution is -2.12. The highest BCUT2D eigenvalue weighted by atomic mass is 35.5. The van der Waals surface area contributed by atoms with Gasteiger partial charge in [-0.1, -0.05) is 29.3 Å². The molecular formula is C20H16Cl2N2O5S. The molecule has 3 rings (SSSR count). The Morgan fingerprint density at radius 2 is 1.80 bits per heavy atom. The van der Waals surface area contributed by atoms with E-state index in [1.165, 1.54) is 42.5 Å². The van der Waals surface area contributed by atoms with Gasteiger partial charge in [0.25, 0.3) is 10.0 Å². The Hall–Kier alpha value is -2.81. The van der Waals surface area contributed by atoms with Crippen LogP contribution in [0.3, 0.4) is 0 Å². The number of nitrogens with one attached hydrogen (secondary N) is 1. The van der Waals surface area contributed by atoms with E-state index in [-0.39, 0.29) is 39.5 Å². The number of rotatable bonds is 7. The third kappa shape index (κ3) is 5.63. The molecule has 0 amide bonds. The van der Waals surface area contributed by atoms with Gasteiger partial charge in [-0.2, -0.15) is 0 Å². The minimum atomic E-state index is -3.81. The van der Waals surface area contributed by atoms with E-state index in [0.29, 0.717) is 5.02 Å². The molecule has 0 aliphatic heterocycles. The number of hydrogen-bond acceptors (Lipinski definition) is 6. The second-order valence-electron chi connectivity index (χ2n) is 5.93. The van der Waals surface area contributed by atoms with Gasteiger partial charge in [-0.25, -0.2) is 18.2 Å². The Bertz CT molecular complexity index is 1170. The number of benzene rings is 2. The molecule has 1 heterocycles. The van der Waals surface area contributed by atoms with Crippen LogP contribution in [0.1, 0.15) is 17.3 Å². The minimum absolute atomic E-state index is 0.0511. The predicted octanol–water partition coefficient (Wildman–Crippen LogP) is 5.16. The molecule has 0 aliphatic carbocycles. The number of esters is 1. The number of hydrogen-bond donors (Lipinski definition) is 1. The molecule has 0 radical (unpaired) electrons. The molecule has 0 saturated heterocycles. The lowest BCUT2D eigenvalue weighted by Gasteiger charge is -2.11. The van der Waals surface area contributed by atoms with Crippen molar-refractivity contribution in [3.63, 3.8) is 0 Å². The second-order valence-corrected chi connectivity index (χ2v) is 8.43. The van der Waals surface area contributed by atoms with Gasteiger partial charge in [0, 0.05) is 17.2 Å². The maximum Gasteiger partial charge on any atom is 0.338 e. The quantitative estimate of drug-likeness (QED) is 0.381. The largest absolute Gasteiger partial charge is 0.462 e. The molecule has 30 heavy (non-hydrogen) atoms. The predicted molar refractivity (Wildman–Crippen MR) is 114 cm³/mol. The van der Waals surface area contributed by atoms with Crippen LogP contribution in [0, 0.1) is 0 Å². The van der Waals surface area contributed by atoms with Crippen molar-refractivity contribution in [1.29, 1.82) is 0 Å². The molecule has 3 aromatic rings. The summed E-state index contributed by atoms with van der Waals surface area (Å²) < 4.78 is 38.1. The molecule has 1 N–H and O–H groups in total. The minimum Gasteiger partial charge on any atom is -0.462 e. The SMILES string of the molecule is CCOC(=O)c1cc(Cl)nc(Oc2cccc(NS(=O)(=O)c3ccc(Cl)cc3)c2)c1. The number of aromatic nitrogens is 1. The third-order valence-electron chi connectivity index (χ3n) is 3.71. The van der Waals surface area contributed by atoms with Crippen LogP contribution in [0.15, 0.2) is 65.6 Å². The van der Waals surface area contributed by atoms with Gasteiger partial charge in [0.2, 0.25) is 5.88 Å². The molecule has 10 heteroatoms. The van der Waals surface area contributed by atoms with Crippen molar-refractivity contribution < 1.29 is 22.7 Å². The Labute approximate surface area is 183 Å². The number of anilines is 1. The molecule has 0 saturated carbocycles. The fraction of sp³-hybridized carbons (Fsp3) is 0.100. The van der Waals surface area contributed by atoms with Gasteiger partial charge in [0.05, 0.1) is 22.8 Å². The van der Waals surface area contributed by atoms with Crippen molar-refractivity contribution in [3.8, 4) is 11.6 Å².